The molecule has 0 saturated heterocycles. The van der Waals surface area contributed by atoms with Crippen LogP contribution >= 0.6 is 0 Å². The zero-order valence-corrected chi connectivity index (χ0v) is 26.8. The molecule has 0 fully saturated rings. The number of rotatable bonds is 3. The summed E-state index contributed by atoms with van der Waals surface area (Å²) < 4.78 is 0. The van der Waals surface area contributed by atoms with Gasteiger partial charge in [0.1, 0.15) is 0 Å². The van der Waals surface area contributed by atoms with Gasteiger partial charge in [0.15, 0.2) is 0 Å². The first-order valence-electron chi connectivity index (χ1n) is 15.7. The predicted octanol–water partition coefficient (Wildman–Crippen LogP) is 9.34. The largest absolute Gasteiger partial charge is 0.192 e. The van der Waals surface area contributed by atoms with Crippen LogP contribution in [0.2, 0.25) is 0 Å². The van der Waals surface area contributed by atoms with E-state index in [4.69, 9.17) is 0 Å². The second-order valence-electron chi connectivity index (χ2n) is 11.1. The van der Waals surface area contributed by atoms with Crippen LogP contribution in [0.5, 0.6) is 0 Å². The fraction of sp³-hybridized carbons (Fsp3) is 0. The normalized spacial score (nSPS) is 9.78. The molecule has 50 heavy (non-hydrogen) atoms. The molecule has 0 aliphatic rings. The maximum Gasteiger partial charge on any atom is 0.0991 e. The van der Waals surface area contributed by atoms with Gasteiger partial charge in [0.05, 0.1) is 34.9 Å². The van der Waals surface area contributed by atoms with Gasteiger partial charge in [-0.05, 0) is 102 Å². The van der Waals surface area contributed by atoms with Gasteiger partial charge in [0.2, 0.25) is 0 Å². The average Bonchev–Trinajstić information content (AvgIpc) is 3.18. The number of hydrogen-bond acceptors (Lipinski definition) is 3. The Balaban J connectivity index is 1.49. The molecule has 0 saturated carbocycles. The Bertz CT molecular complexity index is 2420. The Hall–Kier alpha value is -7.79. The van der Waals surface area contributed by atoms with Gasteiger partial charge in [0, 0.05) is 38.9 Å². The summed E-state index contributed by atoms with van der Waals surface area (Å²) in [7, 11) is 0. The van der Waals surface area contributed by atoms with Crippen molar-refractivity contribution in [3.8, 4) is 64.9 Å². The quantitative estimate of drug-likeness (QED) is 0.144. The van der Waals surface area contributed by atoms with Gasteiger partial charge in [0.25, 0.3) is 0 Å². The van der Waals surface area contributed by atoms with Crippen molar-refractivity contribution < 1.29 is 0 Å². The maximum absolute atomic E-state index is 9.24. The average molecular weight is 632 g/mol. The van der Waals surface area contributed by atoms with Crippen LogP contribution in [0.4, 0.5) is 0 Å². The van der Waals surface area contributed by atoms with Crippen LogP contribution in [0.25, 0.3) is 23.3 Å². The molecule has 0 heterocycles. The topological polar surface area (TPSA) is 71.4 Å². The Morgan fingerprint density at radius 3 is 1.12 bits per heavy atom. The second kappa shape index (κ2) is 15.7. The zero-order valence-electron chi connectivity index (χ0n) is 26.8. The lowest BCUT2D eigenvalue weighted by Gasteiger charge is -2.11. The highest BCUT2D eigenvalue weighted by atomic mass is 14.2. The molecule has 0 aliphatic heterocycles. The molecule has 6 rings (SSSR count). The summed E-state index contributed by atoms with van der Waals surface area (Å²) >= 11 is 0. The predicted molar refractivity (Wildman–Crippen MR) is 199 cm³/mol. The highest BCUT2D eigenvalue weighted by Crippen LogP contribution is 2.30. The highest BCUT2D eigenvalue weighted by Gasteiger charge is 2.12. The molecule has 3 heteroatoms. The van der Waals surface area contributed by atoms with Crippen molar-refractivity contribution in [2.75, 3.05) is 0 Å². The van der Waals surface area contributed by atoms with Crippen LogP contribution in [0.3, 0.4) is 0 Å². The van der Waals surface area contributed by atoms with Crippen LogP contribution in [-0.2, 0) is 0 Å². The molecule has 0 spiro atoms. The molecule has 0 unspecified atom stereocenters. The summed E-state index contributed by atoms with van der Waals surface area (Å²) in [5, 5.41) is 27.7. The van der Waals surface area contributed by atoms with Crippen LogP contribution in [-0.4, -0.2) is 0 Å². The van der Waals surface area contributed by atoms with E-state index in [9.17, 15) is 15.8 Å². The molecule has 6 aromatic rings. The van der Waals surface area contributed by atoms with Gasteiger partial charge in [-0.15, -0.1) is 0 Å². The van der Waals surface area contributed by atoms with Crippen LogP contribution in [0.15, 0.2) is 140 Å². The lowest BCUT2D eigenvalue weighted by molar-refractivity contribution is 1.48. The zero-order chi connectivity index (χ0) is 34.5. The smallest absolute Gasteiger partial charge is 0.0991 e. The van der Waals surface area contributed by atoms with Crippen LogP contribution < -0.4 is 0 Å². The number of hydrogen-bond donors (Lipinski definition) is 0. The first-order valence-corrected chi connectivity index (χ1v) is 15.7. The Morgan fingerprint density at radius 1 is 0.340 bits per heavy atom. The lowest BCUT2D eigenvalue weighted by Crippen LogP contribution is -1.94. The van der Waals surface area contributed by atoms with Crippen molar-refractivity contribution in [3.05, 3.63) is 201 Å². The van der Waals surface area contributed by atoms with Crippen LogP contribution in [0.1, 0.15) is 61.2 Å². The van der Waals surface area contributed by atoms with Gasteiger partial charge in [-0.2, -0.15) is 15.8 Å². The van der Waals surface area contributed by atoms with E-state index in [1.807, 2.05) is 66.7 Å². The molecule has 0 aromatic heterocycles. The minimum Gasteiger partial charge on any atom is -0.192 e. The third-order valence-corrected chi connectivity index (χ3v) is 7.68. The first kappa shape index (κ1) is 32.2. The molecule has 228 valence electrons. The third kappa shape index (κ3) is 8.32. The van der Waals surface area contributed by atoms with E-state index in [1.54, 1.807) is 36.4 Å². The summed E-state index contributed by atoms with van der Waals surface area (Å²) in [5.41, 5.74) is 10.3. The van der Waals surface area contributed by atoms with Crippen LogP contribution in [0, 0.1) is 69.5 Å². The van der Waals surface area contributed by atoms with Gasteiger partial charge in [-0.3, -0.25) is 0 Å². The summed E-state index contributed by atoms with van der Waals surface area (Å²) in [6.45, 7) is 0. The van der Waals surface area contributed by atoms with Crippen molar-refractivity contribution in [2.45, 2.75) is 0 Å². The molecule has 3 nitrogen and oxygen atoms in total. The molecule has 0 bridgehead atoms. The van der Waals surface area contributed by atoms with E-state index in [0.29, 0.717) is 16.7 Å². The van der Waals surface area contributed by atoms with Gasteiger partial charge < -0.3 is 0 Å². The molecule has 0 radical (unpaired) electrons. The molecule has 6 aromatic carbocycles. The third-order valence-electron chi connectivity index (χ3n) is 7.68. The SMILES string of the molecule is N#Cc1ccc(C#Cc2cc(C#Cc3ccc(C#N)cc3)c(-c3ccc(/C=C/c4ccccc4)cc3)c(C#Cc3ccc(C#N)cc3)c2)cc1. The molecule has 0 amide bonds. The molecular weight excluding hydrogens is 607 g/mol. The minimum atomic E-state index is 0.568. The molecule has 0 aliphatic carbocycles. The number of nitrogens with zero attached hydrogens (tertiary/aromatic N) is 3. The van der Waals surface area contributed by atoms with Crippen molar-refractivity contribution >= 4 is 12.2 Å². The standard InChI is InChI=1S/C47H25N3/c48-32-40-15-8-36(9-16-40)14-21-43-30-45(28-24-37-10-17-41(33-49)18-11-37)47(46(31-43)29-25-38-12-19-42(34-50)20-13-38)44-26-22-39(23-27-44)7-6-35-4-2-1-3-5-35/h1-13,15-20,22-23,26-27,30-31H/b7-6+. The fourth-order valence-corrected chi connectivity index (χ4v) is 5.05. The van der Waals surface area contributed by atoms with Gasteiger partial charge in [-0.25, -0.2) is 0 Å². The van der Waals surface area contributed by atoms with Crippen molar-refractivity contribution in [2.24, 2.45) is 0 Å². The first-order chi connectivity index (χ1) is 24.6. The van der Waals surface area contributed by atoms with E-state index in [0.717, 1.165) is 55.6 Å². The maximum atomic E-state index is 9.24. The second-order valence-corrected chi connectivity index (χ2v) is 11.1. The summed E-state index contributed by atoms with van der Waals surface area (Å²) in [5.74, 6) is 19.8. The summed E-state index contributed by atoms with van der Waals surface area (Å²) in [6, 6.07) is 50.3. The van der Waals surface area contributed by atoms with Gasteiger partial charge in [-0.1, -0.05) is 102 Å². The van der Waals surface area contributed by atoms with E-state index in [2.05, 4.69) is 102 Å². The van der Waals surface area contributed by atoms with Crippen molar-refractivity contribution in [3.63, 3.8) is 0 Å². The van der Waals surface area contributed by atoms with E-state index in [1.165, 1.54) is 0 Å². The highest BCUT2D eigenvalue weighted by molar-refractivity contribution is 5.81. The van der Waals surface area contributed by atoms with Crippen molar-refractivity contribution in [1.29, 1.82) is 15.8 Å². The van der Waals surface area contributed by atoms with E-state index < -0.39 is 0 Å². The molecule has 0 atom stereocenters. The number of nitriles is 3. The number of benzene rings is 6. The van der Waals surface area contributed by atoms with Gasteiger partial charge >= 0.3 is 0 Å². The lowest BCUT2D eigenvalue weighted by atomic mass is 9.91. The molecular formula is C47H25N3. The van der Waals surface area contributed by atoms with E-state index in [-0.39, 0.29) is 0 Å². The monoisotopic (exact) mass is 631 g/mol. The van der Waals surface area contributed by atoms with E-state index >= 15 is 0 Å². The fourth-order valence-electron chi connectivity index (χ4n) is 5.05. The Morgan fingerprint density at radius 2 is 0.700 bits per heavy atom. The summed E-state index contributed by atoms with van der Waals surface area (Å²) in [4.78, 5) is 0. The molecule has 0 N–H and O–H groups in total. The minimum absolute atomic E-state index is 0.568. The van der Waals surface area contributed by atoms with Crippen molar-refractivity contribution in [1.82, 2.24) is 0 Å². The Labute approximate surface area is 292 Å². The summed E-state index contributed by atoms with van der Waals surface area (Å²) in [6.07, 6.45) is 4.16. The Kier molecular flexibility index (Phi) is 10.1.